The zero-order chi connectivity index (χ0) is 33.5. The lowest BCUT2D eigenvalue weighted by atomic mass is 10.0. The highest BCUT2D eigenvalue weighted by Gasteiger charge is 2.31. The molecule has 0 saturated heterocycles. The summed E-state index contributed by atoms with van der Waals surface area (Å²) in [5.41, 5.74) is 7.35. The fraction of sp³-hybridized carbons (Fsp3) is 0.419. The van der Waals surface area contributed by atoms with E-state index >= 15 is 0 Å². The monoisotopic (exact) mass is 627 g/mol. The molecule has 0 heterocycles. The molecule has 14 heteroatoms. The Morgan fingerprint density at radius 3 is 1.82 bits per heavy atom. The summed E-state index contributed by atoms with van der Waals surface area (Å²) in [5.74, 6) is -5.52. The molecule has 0 aliphatic carbocycles. The van der Waals surface area contributed by atoms with Crippen LogP contribution in [0.1, 0.15) is 44.2 Å². The van der Waals surface area contributed by atoms with Crippen molar-refractivity contribution in [3.63, 3.8) is 0 Å². The quantitative estimate of drug-likeness (QED) is 0.111. The highest BCUT2D eigenvalue weighted by Crippen LogP contribution is 2.12. The number of aromatic hydroxyl groups is 1. The van der Waals surface area contributed by atoms with E-state index in [4.69, 9.17) is 10.8 Å². The van der Waals surface area contributed by atoms with E-state index in [2.05, 4.69) is 21.3 Å². The van der Waals surface area contributed by atoms with Gasteiger partial charge in [-0.1, -0.05) is 56.3 Å². The van der Waals surface area contributed by atoms with Crippen molar-refractivity contribution in [2.45, 2.75) is 70.1 Å². The first-order chi connectivity index (χ1) is 21.2. The molecule has 4 atom stereocenters. The van der Waals surface area contributed by atoms with Crippen LogP contribution in [0.15, 0.2) is 54.6 Å². The minimum atomic E-state index is -1.36. The van der Waals surface area contributed by atoms with Crippen LogP contribution in [0.5, 0.6) is 5.75 Å². The first-order valence-corrected chi connectivity index (χ1v) is 14.4. The summed E-state index contributed by atoms with van der Waals surface area (Å²) in [6.07, 6.45) is -0.532. The largest absolute Gasteiger partial charge is 0.508 e. The van der Waals surface area contributed by atoms with Crippen molar-refractivity contribution in [2.24, 2.45) is 11.7 Å². The van der Waals surface area contributed by atoms with E-state index in [0.717, 1.165) is 0 Å². The van der Waals surface area contributed by atoms with Crippen LogP contribution in [0.25, 0.3) is 0 Å². The summed E-state index contributed by atoms with van der Waals surface area (Å²) in [7, 11) is 0. The molecular formula is C31H41N5O9. The van der Waals surface area contributed by atoms with Crippen molar-refractivity contribution in [1.29, 1.82) is 0 Å². The molecule has 0 unspecified atom stereocenters. The molecule has 0 aromatic heterocycles. The number of carbonyl (C=O) groups is 6. The number of carboxylic acid groups (broad SMARTS) is 2. The average Bonchev–Trinajstić information content (AvgIpc) is 2.98. The normalized spacial score (nSPS) is 13.5. The van der Waals surface area contributed by atoms with Crippen LogP contribution in [-0.2, 0) is 41.6 Å². The van der Waals surface area contributed by atoms with E-state index in [0.29, 0.717) is 11.1 Å². The molecule has 2 rings (SSSR count). The maximum absolute atomic E-state index is 13.5. The van der Waals surface area contributed by atoms with Crippen molar-refractivity contribution in [3.05, 3.63) is 65.7 Å². The van der Waals surface area contributed by atoms with E-state index in [1.807, 2.05) is 13.8 Å². The summed E-state index contributed by atoms with van der Waals surface area (Å²) < 4.78 is 0. The number of hydrogen-bond acceptors (Lipinski definition) is 8. The molecule has 0 bridgehead atoms. The number of nitrogens with one attached hydrogen (secondary N) is 4. The molecular weight excluding hydrogens is 586 g/mol. The Bertz CT molecular complexity index is 1320. The minimum absolute atomic E-state index is 0.0104. The summed E-state index contributed by atoms with van der Waals surface area (Å²) >= 11 is 0. The Hall–Kier alpha value is -4.98. The lowest BCUT2D eigenvalue weighted by Gasteiger charge is -2.26. The van der Waals surface area contributed by atoms with Crippen LogP contribution >= 0.6 is 0 Å². The first-order valence-electron chi connectivity index (χ1n) is 14.4. The van der Waals surface area contributed by atoms with Crippen LogP contribution in [0, 0.1) is 5.92 Å². The summed E-state index contributed by atoms with van der Waals surface area (Å²) in [4.78, 5) is 74.9. The predicted molar refractivity (Wildman–Crippen MR) is 163 cm³/mol. The van der Waals surface area contributed by atoms with Crippen LogP contribution < -0.4 is 27.0 Å². The lowest BCUT2D eigenvalue weighted by molar-refractivity contribution is -0.139. The Morgan fingerprint density at radius 2 is 1.24 bits per heavy atom. The van der Waals surface area contributed by atoms with Gasteiger partial charge in [-0.25, -0.2) is 0 Å². The van der Waals surface area contributed by atoms with Gasteiger partial charge in [-0.15, -0.1) is 0 Å². The summed E-state index contributed by atoms with van der Waals surface area (Å²) in [6.45, 7) is 2.98. The molecule has 14 nitrogen and oxygen atoms in total. The molecule has 0 aliphatic heterocycles. The highest BCUT2D eigenvalue weighted by atomic mass is 16.4. The molecule has 45 heavy (non-hydrogen) atoms. The van der Waals surface area contributed by atoms with Crippen molar-refractivity contribution in [2.75, 3.05) is 6.54 Å². The molecule has 0 saturated carbocycles. The van der Waals surface area contributed by atoms with E-state index in [1.165, 1.54) is 12.1 Å². The fourth-order valence-electron chi connectivity index (χ4n) is 4.39. The Kier molecular flexibility index (Phi) is 14.5. The zero-order valence-corrected chi connectivity index (χ0v) is 25.2. The summed E-state index contributed by atoms with van der Waals surface area (Å²) in [5, 5.41) is 37.6. The first kappa shape index (κ1) is 36.2. The van der Waals surface area contributed by atoms with E-state index in [9.17, 15) is 39.0 Å². The van der Waals surface area contributed by atoms with Gasteiger partial charge in [0.25, 0.3) is 0 Å². The molecule has 0 aliphatic rings. The number of phenolic OH excluding ortho intramolecular Hbond substituents is 1. The molecule has 9 N–H and O–H groups in total. The van der Waals surface area contributed by atoms with Gasteiger partial charge in [0, 0.05) is 12.8 Å². The fourth-order valence-corrected chi connectivity index (χ4v) is 4.39. The number of hydrogen-bond donors (Lipinski definition) is 8. The maximum atomic E-state index is 13.5. The van der Waals surface area contributed by atoms with Gasteiger partial charge >= 0.3 is 11.9 Å². The second-order valence-corrected chi connectivity index (χ2v) is 11.0. The van der Waals surface area contributed by atoms with Gasteiger partial charge in [0.15, 0.2) is 0 Å². The predicted octanol–water partition coefficient (Wildman–Crippen LogP) is 0.0708. The van der Waals surface area contributed by atoms with Crippen molar-refractivity contribution in [3.8, 4) is 5.75 Å². The van der Waals surface area contributed by atoms with E-state index in [1.54, 1.807) is 42.5 Å². The molecule has 0 radical (unpaired) electrons. The van der Waals surface area contributed by atoms with Crippen LogP contribution in [0.4, 0.5) is 0 Å². The third-order valence-corrected chi connectivity index (χ3v) is 6.68. The Labute approximate surface area is 260 Å². The number of amides is 4. The van der Waals surface area contributed by atoms with Gasteiger partial charge in [0.2, 0.25) is 23.6 Å². The summed E-state index contributed by atoms with van der Waals surface area (Å²) in [6, 6.07) is 9.88. The van der Waals surface area contributed by atoms with Crippen molar-refractivity contribution in [1.82, 2.24) is 21.3 Å². The smallest absolute Gasteiger partial charge is 0.322 e. The number of carboxylic acids is 2. The van der Waals surface area contributed by atoms with Crippen molar-refractivity contribution < 1.29 is 44.1 Å². The average molecular weight is 628 g/mol. The molecule has 0 spiro atoms. The minimum Gasteiger partial charge on any atom is -0.508 e. The van der Waals surface area contributed by atoms with E-state index in [-0.39, 0.29) is 37.4 Å². The van der Waals surface area contributed by atoms with Gasteiger partial charge in [-0.05, 0) is 48.4 Å². The van der Waals surface area contributed by atoms with Gasteiger partial charge in [0.1, 0.15) is 30.4 Å². The van der Waals surface area contributed by atoms with Crippen LogP contribution in [-0.4, -0.2) is 81.6 Å². The van der Waals surface area contributed by atoms with Gasteiger partial charge in [-0.2, -0.15) is 0 Å². The Morgan fingerprint density at radius 1 is 0.689 bits per heavy atom. The number of rotatable bonds is 18. The van der Waals surface area contributed by atoms with Crippen LogP contribution in [0.3, 0.4) is 0 Å². The number of aliphatic carboxylic acids is 2. The Balaban J connectivity index is 2.26. The van der Waals surface area contributed by atoms with Crippen LogP contribution in [0.2, 0.25) is 0 Å². The second kappa shape index (κ2) is 18.0. The molecule has 2 aromatic rings. The number of carbonyl (C=O) groups excluding carboxylic acids is 4. The molecule has 244 valence electrons. The number of phenols is 1. The third kappa shape index (κ3) is 13.5. The zero-order valence-electron chi connectivity index (χ0n) is 25.2. The molecule has 0 fully saturated rings. The second-order valence-electron chi connectivity index (χ2n) is 11.0. The molecule has 2 aromatic carbocycles. The SMILES string of the molecule is CC(C)C[C@H](NC(=O)[C@H](Cc1ccccc1)NC(=O)[C@H](CCC(=O)O)NC(=O)[C@@H](N)Cc1ccc(O)cc1)C(=O)NCC(=O)O. The lowest BCUT2D eigenvalue weighted by Crippen LogP contribution is -2.58. The van der Waals surface area contributed by atoms with Gasteiger partial charge < -0.3 is 42.3 Å². The standard InChI is InChI=1S/C31H41N5O9/c1-18(2)14-24(29(43)33-17-27(40)41)35-31(45)25(16-19-6-4-3-5-7-19)36-30(44)23(12-13-26(38)39)34-28(42)22(32)15-20-8-10-21(37)11-9-20/h3-11,18,22-25,37H,12-17,32H2,1-2H3,(H,33,43)(H,34,42)(H,35,45)(H,36,44)(H,38,39)(H,40,41)/t22-,23-,24-,25-/m0/s1. The maximum Gasteiger partial charge on any atom is 0.322 e. The van der Waals surface area contributed by atoms with Gasteiger partial charge in [-0.3, -0.25) is 28.8 Å². The highest BCUT2D eigenvalue weighted by molar-refractivity contribution is 5.95. The van der Waals surface area contributed by atoms with Gasteiger partial charge in [0.05, 0.1) is 6.04 Å². The third-order valence-electron chi connectivity index (χ3n) is 6.68. The van der Waals surface area contributed by atoms with E-state index < -0.39 is 72.7 Å². The number of benzene rings is 2. The topological polar surface area (TPSA) is 237 Å². The number of nitrogens with two attached hydrogens (primary N) is 1. The van der Waals surface area contributed by atoms with Crippen molar-refractivity contribution >= 4 is 35.6 Å². The molecule has 4 amide bonds.